The van der Waals surface area contributed by atoms with E-state index in [1.54, 1.807) is 24.3 Å². The van der Waals surface area contributed by atoms with E-state index in [0.717, 1.165) is 23.4 Å². The molecule has 1 saturated carbocycles. The molecule has 1 fully saturated rings. The van der Waals surface area contributed by atoms with E-state index in [-0.39, 0.29) is 28.8 Å². The average Bonchev–Trinajstić information content (AvgIpc) is 3.52. The lowest BCUT2D eigenvalue weighted by molar-refractivity contribution is -0.117. The minimum Gasteiger partial charge on any atom is -0.326 e. The van der Waals surface area contributed by atoms with E-state index in [4.69, 9.17) is 0 Å². The summed E-state index contributed by atoms with van der Waals surface area (Å²) in [4.78, 5) is 36.9. The van der Waals surface area contributed by atoms with Crippen molar-refractivity contribution in [3.63, 3.8) is 0 Å². The number of benzene rings is 2. The van der Waals surface area contributed by atoms with Crippen molar-refractivity contribution in [1.29, 1.82) is 0 Å². The fraction of sp³-hybridized carbons (Fsp3) is 0.318. The highest BCUT2D eigenvalue weighted by Gasteiger charge is 2.29. The minimum atomic E-state index is -0.262. The van der Waals surface area contributed by atoms with Gasteiger partial charge < -0.3 is 10.6 Å². The summed E-state index contributed by atoms with van der Waals surface area (Å²) in [6, 6.07) is 14.5. The second-order valence-electron chi connectivity index (χ2n) is 6.93. The lowest BCUT2D eigenvalue weighted by Gasteiger charge is -2.15. The molecule has 0 aromatic heterocycles. The van der Waals surface area contributed by atoms with Crippen molar-refractivity contribution in [2.75, 3.05) is 10.6 Å². The van der Waals surface area contributed by atoms with E-state index in [2.05, 4.69) is 10.6 Å². The zero-order valence-electron chi connectivity index (χ0n) is 16.0. The molecule has 1 aliphatic carbocycles. The molecule has 0 saturated heterocycles. The maximum absolute atomic E-state index is 12.7. The molecule has 2 aromatic rings. The van der Waals surface area contributed by atoms with Crippen molar-refractivity contribution < 1.29 is 14.4 Å². The first-order valence-electron chi connectivity index (χ1n) is 9.45. The largest absolute Gasteiger partial charge is 0.326 e. The lowest BCUT2D eigenvalue weighted by atomic mass is 10.1. The van der Waals surface area contributed by atoms with Crippen LogP contribution in [0, 0.1) is 5.92 Å². The fourth-order valence-corrected chi connectivity index (χ4v) is 3.75. The monoisotopic (exact) mass is 396 g/mol. The van der Waals surface area contributed by atoms with Gasteiger partial charge in [-0.25, -0.2) is 0 Å². The third-order valence-electron chi connectivity index (χ3n) is 4.55. The topological polar surface area (TPSA) is 75.3 Å². The van der Waals surface area contributed by atoms with E-state index < -0.39 is 0 Å². The first kappa shape index (κ1) is 20.1. The highest BCUT2D eigenvalue weighted by molar-refractivity contribution is 8.00. The Morgan fingerprint density at radius 2 is 1.75 bits per heavy atom. The van der Waals surface area contributed by atoms with Gasteiger partial charge in [0.05, 0.1) is 5.25 Å². The Morgan fingerprint density at radius 1 is 1.04 bits per heavy atom. The minimum absolute atomic E-state index is 0.00600. The van der Waals surface area contributed by atoms with Gasteiger partial charge in [-0.05, 0) is 68.7 Å². The first-order valence-corrected chi connectivity index (χ1v) is 10.3. The summed E-state index contributed by atoms with van der Waals surface area (Å²) in [6.07, 6.45) is 2.60. The van der Waals surface area contributed by atoms with Crippen LogP contribution in [0.1, 0.15) is 43.5 Å². The number of rotatable bonds is 8. The number of hydrogen-bond donors (Lipinski definition) is 2. The van der Waals surface area contributed by atoms with Gasteiger partial charge in [-0.1, -0.05) is 13.0 Å². The molecular formula is C22H24N2O3S. The van der Waals surface area contributed by atoms with Gasteiger partial charge in [-0.2, -0.15) is 0 Å². The van der Waals surface area contributed by atoms with Crippen molar-refractivity contribution in [3.05, 3.63) is 54.1 Å². The molecule has 1 atom stereocenters. The van der Waals surface area contributed by atoms with Crippen molar-refractivity contribution in [2.45, 2.75) is 43.3 Å². The summed E-state index contributed by atoms with van der Waals surface area (Å²) in [6.45, 7) is 3.48. The first-order chi connectivity index (χ1) is 13.5. The molecule has 6 heteroatoms. The van der Waals surface area contributed by atoms with Crippen molar-refractivity contribution >= 4 is 40.7 Å². The average molecular weight is 397 g/mol. The molecular weight excluding hydrogens is 372 g/mol. The van der Waals surface area contributed by atoms with Crippen LogP contribution >= 0.6 is 11.8 Å². The van der Waals surface area contributed by atoms with Gasteiger partial charge in [-0.15, -0.1) is 11.8 Å². The standard InChI is InChI=1S/C22H24N2O3S/c1-3-20(22(27)23-17-11-9-15(10-12-17)14(2)25)28-19-6-4-5-18(13-19)24-21(26)16-7-8-16/h4-6,9-13,16,20H,3,7-8H2,1-2H3,(H,23,27)(H,24,26). The number of amides is 2. The van der Waals surface area contributed by atoms with Gasteiger partial charge in [0.2, 0.25) is 11.8 Å². The van der Waals surface area contributed by atoms with Crippen LogP contribution in [0.2, 0.25) is 0 Å². The lowest BCUT2D eigenvalue weighted by Crippen LogP contribution is -2.24. The number of thioether (sulfide) groups is 1. The number of Topliss-reactive ketones (excluding diaryl/α,β-unsaturated/α-hetero) is 1. The van der Waals surface area contributed by atoms with Crippen molar-refractivity contribution in [3.8, 4) is 0 Å². The van der Waals surface area contributed by atoms with E-state index >= 15 is 0 Å². The summed E-state index contributed by atoms with van der Waals surface area (Å²) in [5, 5.41) is 5.58. The van der Waals surface area contributed by atoms with Crippen molar-refractivity contribution in [1.82, 2.24) is 0 Å². The third kappa shape index (κ3) is 5.45. The van der Waals surface area contributed by atoms with Gasteiger partial charge in [0, 0.05) is 27.8 Å². The molecule has 3 rings (SSSR count). The Balaban J connectivity index is 1.61. The van der Waals surface area contributed by atoms with Crippen LogP contribution in [0.3, 0.4) is 0 Å². The maximum Gasteiger partial charge on any atom is 0.237 e. The van der Waals surface area contributed by atoms with Crippen LogP contribution in [0.15, 0.2) is 53.4 Å². The molecule has 0 bridgehead atoms. The number of anilines is 2. The van der Waals surface area contributed by atoms with Gasteiger partial charge in [0.15, 0.2) is 5.78 Å². The normalized spacial score (nSPS) is 14.2. The Kier molecular flexibility index (Phi) is 6.52. The molecule has 0 spiro atoms. The van der Waals surface area contributed by atoms with Gasteiger partial charge >= 0.3 is 0 Å². The quantitative estimate of drug-likeness (QED) is 0.499. The molecule has 2 amide bonds. The highest BCUT2D eigenvalue weighted by atomic mass is 32.2. The second kappa shape index (κ2) is 9.06. The molecule has 0 radical (unpaired) electrons. The van der Waals surface area contributed by atoms with E-state index in [1.807, 2.05) is 31.2 Å². The van der Waals surface area contributed by atoms with Crippen molar-refractivity contribution in [2.24, 2.45) is 5.92 Å². The summed E-state index contributed by atoms with van der Waals surface area (Å²) >= 11 is 1.47. The molecule has 5 nitrogen and oxygen atoms in total. The molecule has 1 unspecified atom stereocenters. The van der Waals surface area contributed by atoms with Crippen LogP contribution in [0.25, 0.3) is 0 Å². The molecule has 2 aromatic carbocycles. The van der Waals surface area contributed by atoms with Crippen LogP contribution in [-0.2, 0) is 9.59 Å². The SMILES string of the molecule is CCC(Sc1cccc(NC(=O)C2CC2)c1)C(=O)Nc1ccc(C(C)=O)cc1. The molecule has 146 valence electrons. The molecule has 1 aliphatic rings. The Bertz CT molecular complexity index is 876. The fourth-order valence-electron chi connectivity index (χ4n) is 2.73. The number of carbonyl (C=O) groups is 3. The summed E-state index contributed by atoms with van der Waals surface area (Å²) in [5.74, 6) is 0.129. The Morgan fingerprint density at radius 3 is 2.36 bits per heavy atom. The smallest absolute Gasteiger partial charge is 0.237 e. The molecule has 0 aliphatic heterocycles. The Labute approximate surface area is 169 Å². The zero-order valence-corrected chi connectivity index (χ0v) is 16.8. The van der Waals surface area contributed by atoms with Crippen LogP contribution < -0.4 is 10.6 Å². The molecule has 28 heavy (non-hydrogen) atoms. The number of carbonyl (C=O) groups excluding carboxylic acids is 3. The summed E-state index contributed by atoms with van der Waals surface area (Å²) in [5.41, 5.74) is 2.04. The number of ketones is 1. The zero-order chi connectivity index (χ0) is 20.1. The van der Waals surface area contributed by atoms with E-state index in [0.29, 0.717) is 17.7 Å². The van der Waals surface area contributed by atoms with Gasteiger partial charge in [-0.3, -0.25) is 14.4 Å². The van der Waals surface area contributed by atoms with E-state index in [9.17, 15) is 14.4 Å². The van der Waals surface area contributed by atoms with Crippen LogP contribution in [0.5, 0.6) is 0 Å². The van der Waals surface area contributed by atoms with E-state index in [1.165, 1.54) is 18.7 Å². The highest BCUT2D eigenvalue weighted by Crippen LogP contribution is 2.32. The maximum atomic E-state index is 12.7. The predicted molar refractivity (Wildman–Crippen MR) is 113 cm³/mol. The third-order valence-corrected chi connectivity index (χ3v) is 5.91. The second-order valence-corrected chi connectivity index (χ2v) is 8.21. The number of nitrogens with one attached hydrogen (secondary N) is 2. The predicted octanol–water partition coefficient (Wildman–Crippen LogP) is 4.75. The number of hydrogen-bond acceptors (Lipinski definition) is 4. The summed E-state index contributed by atoms with van der Waals surface area (Å²) in [7, 11) is 0. The molecule has 0 heterocycles. The van der Waals surface area contributed by atoms with Crippen LogP contribution in [-0.4, -0.2) is 22.8 Å². The molecule has 2 N–H and O–H groups in total. The van der Waals surface area contributed by atoms with Gasteiger partial charge in [0.25, 0.3) is 0 Å². The van der Waals surface area contributed by atoms with Crippen LogP contribution in [0.4, 0.5) is 11.4 Å². The summed E-state index contributed by atoms with van der Waals surface area (Å²) < 4.78 is 0. The Hall–Kier alpha value is -2.60. The van der Waals surface area contributed by atoms with Gasteiger partial charge in [0.1, 0.15) is 0 Å².